The summed E-state index contributed by atoms with van der Waals surface area (Å²) in [6.07, 6.45) is -0.383. The van der Waals surface area contributed by atoms with Crippen molar-refractivity contribution in [2.45, 2.75) is 68.3 Å². The van der Waals surface area contributed by atoms with E-state index in [2.05, 4.69) is 11.8 Å². The molecule has 1 saturated heterocycles. The van der Waals surface area contributed by atoms with Crippen LogP contribution in [0, 0.1) is 40.4 Å². The van der Waals surface area contributed by atoms with Gasteiger partial charge in [-0.05, 0) is 43.1 Å². The number of likely N-dealkylation sites (tertiary alicyclic amines) is 1. The van der Waals surface area contributed by atoms with E-state index in [0.717, 1.165) is 13.0 Å². The highest BCUT2D eigenvalue weighted by molar-refractivity contribution is 5.89. The van der Waals surface area contributed by atoms with E-state index < -0.39 is 34.6 Å². The minimum Gasteiger partial charge on any atom is -0.497 e. The Bertz CT molecular complexity index is 1230. The molecular weight excluding hydrogens is 554 g/mol. The molecule has 5 saturated carbocycles. The highest BCUT2D eigenvalue weighted by Crippen LogP contribution is 2.79. The predicted octanol–water partition coefficient (Wildman–Crippen LogP) is 2.00. The minimum atomic E-state index is -1.21. The fourth-order valence-electron chi connectivity index (χ4n) is 12.0. The van der Waals surface area contributed by atoms with Crippen LogP contribution in [-0.2, 0) is 23.7 Å². The first kappa shape index (κ1) is 29.9. The van der Waals surface area contributed by atoms with E-state index in [1.165, 1.54) is 0 Å². The summed E-state index contributed by atoms with van der Waals surface area (Å²) in [6, 6.07) is 6.91. The van der Waals surface area contributed by atoms with Gasteiger partial charge in [-0.15, -0.1) is 0 Å². The molecular formula is C33H47NO9. The van der Waals surface area contributed by atoms with Gasteiger partial charge in [0.1, 0.15) is 11.9 Å². The molecule has 5 aliphatic carbocycles. The van der Waals surface area contributed by atoms with Crippen molar-refractivity contribution in [1.82, 2.24) is 4.90 Å². The second kappa shape index (κ2) is 10.4. The number of benzene rings is 1. The lowest BCUT2D eigenvalue weighted by molar-refractivity contribution is -0.295. The second-order valence-electron chi connectivity index (χ2n) is 14.0. The molecule has 2 N–H and O–H groups in total. The lowest BCUT2D eigenvalue weighted by Crippen LogP contribution is -2.78. The van der Waals surface area contributed by atoms with E-state index in [1.54, 1.807) is 59.8 Å². The molecule has 0 radical (unpaired) electrons. The van der Waals surface area contributed by atoms with E-state index in [-0.39, 0.29) is 53.9 Å². The van der Waals surface area contributed by atoms with Crippen molar-refractivity contribution < 1.29 is 43.4 Å². The molecule has 43 heavy (non-hydrogen) atoms. The van der Waals surface area contributed by atoms with Gasteiger partial charge in [-0.2, -0.15) is 0 Å². The SMILES string of the molecule is CCN1C[C@]2(COC)[C@H](O)C[C@H](OC)[C@@]34[C@@H]5C[C@H]6[C@H](OC(=O)c7ccc(OC)cc7)[C@@H]5[C@](O)(C[C@@H]6OC)[C@@H]([C@H](OC)[C@H]23)[C@@H]14. The third-order valence-electron chi connectivity index (χ3n) is 13.0. The average molecular weight is 602 g/mol. The fourth-order valence-corrected chi connectivity index (χ4v) is 12.0. The summed E-state index contributed by atoms with van der Waals surface area (Å²) in [7, 11) is 8.47. The third kappa shape index (κ3) is 3.57. The maximum Gasteiger partial charge on any atom is 0.338 e. The van der Waals surface area contributed by atoms with Crippen molar-refractivity contribution in [2.24, 2.45) is 40.4 Å². The first-order valence-electron chi connectivity index (χ1n) is 15.8. The van der Waals surface area contributed by atoms with Crippen molar-refractivity contribution >= 4 is 5.97 Å². The van der Waals surface area contributed by atoms with Gasteiger partial charge < -0.3 is 38.6 Å². The zero-order valence-electron chi connectivity index (χ0n) is 26.1. The summed E-state index contributed by atoms with van der Waals surface area (Å²) >= 11 is 0. The molecule has 14 atom stereocenters. The number of piperidine rings is 1. The molecule has 7 bridgehead atoms. The lowest BCUT2D eigenvalue weighted by Gasteiger charge is -2.70. The number of fused-ring (bicyclic) bond motifs is 2. The van der Waals surface area contributed by atoms with Crippen molar-refractivity contribution in [3.63, 3.8) is 0 Å². The Morgan fingerprint density at radius 3 is 2.35 bits per heavy atom. The van der Waals surface area contributed by atoms with Crippen LogP contribution in [0.4, 0.5) is 0 Å². The lowest BCUT2D eigenvalue weighted by atomic mass is 9.42. The number of rotatable bonds is 9. The largest absolute Gasteiger partial charge is 0.497 e. The Kier molecular flexibility index (Phi) is 7.21. The number of hydrogen-bond acceptors (Lipinski definition) is 10. The predicted molar refractivity (Wildman–Crippen MR) is 155 cm³/mol. The van der Waals surface area contributed by atoms with Crippen LogP contribution in [0.25, 0.3) is 0 Å². The van der Waals surface area contributed by atoms with Crippen LogP contribution >= 0.6 is 0 Å². The van der Waals surface area contributed by atoms with E-state index >= 15 is 0 Å². The number of esters is 1. The summed E-state index contributed by atoms with van der Waals surface area (Å²) < 4.78 is 36.6. The van der Waals surface area contributed by atoms with Gasteiger partial charge in [0.15, 0.2) is 0 Å². The molecule has 1 aromatic carbocycles. The summed E-state index contributed by atoms with van der Waals surface area (Å²) in [5, 5.41) is 25.1. The summed E-state index contributed by atoms with van der Waals surface area (Å²) in [5.41, 5.74) is -1.80. The van der Waals surface area contributed by atoms with Gasteiger partial charge in [0.25, 0.3) is 0 Å². The summed E-state index contributed by atoms with van der Waals surface area (Å²) in [5.74, 6) is -0.573. The molecule has 1 spiro atoms. The molecule has 0 aromatic heterocycles. The number of aliphatic hydroxyl groups excluding tert-OH is 1. The van der Waals surface area contributed by atoms with Crippen LogP contribution in [0.15, 0.2) is 24.3 Å². The van der Waals surface area contributed by atoms with Gasteiger partial charge in [0.05, 0.1) is 49.3 Å². The number of carbonyl (C=O) groups is 1. The summed E-state index contributed by atoms with van der Waals surface area (Å²) in [6.45, 7) is 3.98. The monoisotopic (exact) mass is 601 g/mol. The highest BCUT2D eigenvalue weighted by Gasteiger charge is 2.87. The first-order chi connectivity index (χ1) is 20.7. The summed E-state index contributed by atoms with van der Waals surface area (Å²) in [4.78, 5) is 16.1. The molecule has 1 heterocycles. The smallest absolute Gasteiger partial charge is 0.338 e. The molecule has 0 unspecified atom stereocenters. The van der Waals surface area contributed by atoms with Crippen molar-refractivity contribution in [1.29, 1.82) is 0 Å². The second-order valence-corrected chi connectivity index (χ2v) is 14.0. The number of aliphatic hydroxyl groups is 2. The number of ether oxygens (including phenoxy) is 6. The standard InChI is InChI=1S/C33H47NO9/c1-7-34-15-31(16-38-2)22(35)13-23(41-5)33-20-12-19-21(40-4)14-32(37,25(29(33)34)27(42-6)28(31)33)24(20)26(19)43-30(36)17-8-10-18(39-3)11-9-17/h8-11,19-29,35,37H,7,12-16H2,1-6H3/t19-,20-,21+,22-,23+,24-,25+,26+,27+,28-,29-,31+,32-,33+/m1/s1. The van der Waals surface area contributed by atoms with Crippen molar-refractivity contribution in [3.05, 3.63) is 29.8 Å². The number of nitrogens with zero attached hydrogens (tertiary/aromatic N) is 1. The van der Waals surface area contributed by atoms with Crippen LogP contribution < -0.4 is 4.74 Å². The van der Waals surface area contributed by atoms with E-state index in [9.17, 15) is 15.0 Å². The van der Waals surface area contributed by atoms with Gasteiger partial charge in [-0.3, -0.25) is 4.90 Å². The fraction of sp³-hybridized carbons (Fsp3) is 0.788. The zero-order valence-corrected chi connectivity index (χ0v) is 26.1. The van der Waals surface area contributed by atoms with E-state index in [0.29, 0.717) is 37.3 Å². The first-order valence-corrected chi connectivity index (χ1v) is 15.8. The molecule has 1 aliphatic heterocycles. The van der Waals surface area contributed by atoms with E-state index in [4.69, 9.17) is 28.4 Å². The van der Waals surface area contributed by atoms with Crippen LogP contribution in [0.1, 0.15) is 36.5 Å². The molecule has 238 valence electrons. The Morgan fingerprint density at radius 1 is 1.00 bits per heavy atom. The van der Waals surface area contributed by atoms with Crippen molar-refractivity contribution in [3.8, 4) is 5.75 Å². The quantitative estimate of drug-likeness (QED) is 0.407. The van der Waals surface area contributed by atoms with Gasteiger partial charge in [0.2, 0.25) is 0 Å². The maximum absolute atomic E-state index is 13.7. The Hall–Kier alpha value is -1.79. The number of methoxy groups -OCH3 is 5. The molecule has 10 nitrogen and oxygen atoms in total. The molecule has 7 rings (SSSR count). The average Bonchev–Trinajstić information content (AvgIpc) is 3.45. The van der Waals surface area contributed by atoms with Crippen LogP contribution in [0.2, 0.25) is 0 Å². The van der Waals surface area contributed by atoms with Crippen LogP contribution in [0.5, 0.6) is 5.75 Å². The van der Waals surface area contributed by atoms with Gasteiger partial charge in [-0.25, -0.2) is 4.79 Å². The molecule has 1 aromatic rings. The molecule has 6 fully saturated rings. The Labute approximate surface area is 253 Å². The van der Waals surface area contributed by atoms with Gasteiger partial charge in [0, 0.05) is 88.4 Å². The van der Waals surface area contributed by atoms with Gasteiger partial charge >= 0.3 is 5.97 Å². The van der Waals surface area contributed by atoms with Crippen LogP contribution in [0.3, 0.4) is 0 Å². The minimum absolute atomic E-state index is 0.0200. The van der Waals surface area contributed by atoms with E-state index in [1.807, 2.05) is 0 Å². The number of carbonyl (C=O) groups excluding carboxylic acids is 1. The Balaban J connectivity index is 1.39. The molecule has 6 aliphatic rings. The third-order valence-corrected chi connectivity index (χ3v) is 13.0. The molecule has 10 heteroatoms. The Morgan fingerprint density at radius 2 is 1.74 bits per heavy atom. The van der Waals surface area contributed by atoms with Gasteiger partial charge in [-0.1, -0.05) is 6.92 Å². The molecule has 0 amide bonds. The zero-order chi connectivity index (χ0) is 30.5. The topological polar surface area (TPSA) is 116 Å². The number of hydrogen-bond donors (Lipinski definition) is 2. The normalized spacial score (nSPS) is 49.2. The highest BCUT2D eigenvalue weighted by atomic mass is 16.6. The van der Waals surface area contributed by atoms with Crippen molar-refractivity contribution in [2.75, 3.05) is 55.2 Å². The maximum atomic E-state index is 13.7. The van der Waals surface area contributed by atoms with Crippen LogP contribution in [-0.4, -0.2) is 118 Å².